The van der Waals surface area contributed by atoms with Crippen LogP contribution in [0.5, 0.6) is 11.5 Å². The number of H-pyrrole nitrogens is 1. The van der Waals surface area contributed by atoms with E-state index in [1.165, 1.54) is 0 Å². The normalized spacial score (nSPS) is 16.9. The summed E-state index contributed by atoms with van der Waals surface area (Å²) in [6.07, 6.45) is -0.383. The molecule has 1 unspecified atom stereocenters. The van der Waals surface area contributed by atoms with E-state index < -0.39 is 0 Å². The van der Waals surface area contributed by atoms with E-state index in [1.54, 1.807) is 41.3 Å². The number of ether oxygens (including phenoxy) is 2. The summed E-state index contributed by atoms with van der Waals surface area (Å²) >= 11 is 5.96. The summed E-state index contributed by atoms with van der Waals surface area (Å²) < 4.78 is 11.4. The van der Waals surface area contributed by atoms with Gasteiger partial charge in [0, 0.05) is 17.1 Å². The lowest BCUT2D eigenvalue weighted by Crippen LogP contribution is -2.42. The molecule has 1 aliphatic heterocycles. The Labute approximate surface area is 160 Å². The Bertz CT molecular complexity index is 917. The van der Waals surface area contributed by atoms with Crippen LogP contribution in [0.25, 0.3) is 0 Å². The molecule has 138 valence electrons. The van der Waals surface area contributed by atoms with Gasteiger partial charge < -0.3 is 14.4 Å². The molecule has 8 nitrogen and oxygen atoms in total. The SMILES string of the molecule is O=C(c1ccc(Oc2cccc(Cl)c2)cc1)N1CCOC(c2nn[nH]n2)C1. The number of aromatic amines is 1. The summed E-state index contributed by atoms with van der Waals surface area (Å²) in [4.78, 5) is 14.5. The Morgan fingerprint density at radius 1 is 1.22 bits per heavy atom. The summed E-state index contributed by atoms with van der Waals surface area (Å²) in [7, 11) is 0. The Morgan fingerprint density at radius 3 is 2.81 bits per heavy atom. The first-order chi connectivity index (χ1) is 13.2. The molecule has 0 radical (unpaired) electrons. The molecule has 1 fully saturated rings. The second-order valence-corrected chi connectivity index (χ2v) is 6.40. The van der Waals surface area contributed by atoms with E-state index >= 15 is 0 Å². The summed E-state index contributed by atoms with van der Waals surface area (Å²) in [6, 6.07) is 14.1. The summed E-state index contributed by atoms with van der Waals surface area (Å²) in [5.41, 5.74) is 0.571. The molecule has 1 saturated heterocycles. The van der Waals surface area contributed by atoms with E-state index in [2.05, 4.69) is 20.6 Å². The van der Waals surface area contributed by atoms with Crippen LogP contribution in [0.1, 0.15) is 22.3 Å². The Morgan fingerprint density at radius 2 is 2.07 bits per heavy atom. The van der Waals surface area contributed by atoms with Gasteiger partial charge in [0.25, 0.3) is 5.91 Å². The second kappa shape index (κ2) is 7.73. The van der Waals surface area contributed by atoms with E-state index in [4.69, 9.17) is 21.1 Å². The molecule has 0 saturated carbocycles. The first-order valence-electron chi connectivity index (χ1n) is 8.37. The molecule has 3 aromatic rings. The highest BCUT2D eigenvalue weighted by Crippen LogP contribution is 2.25. The van der Waals surface area contributed by atoms with Crippen LogP contribution >= 0.6 is 11.6 Å². The van der Waals surface area contributed by atoms with Gasteiger partial charge in [0.05, 0.1) is 13.2 Å². The van der Waals surface area contributed by atoms with Crippen molar-refractivity contribution in [1.82, 2.24) is 25.5 Å². The molecule has 2 aromatic carbocycles. The standard InChI is InChI=1S/C18H16ClN5O3/c19-13-2-1-3-15(10-13)27-14-6-4-12(5-7-14)18(25)24-8-9-26-16(11-24)17-20-22-23-21-17/h1-7,10,16H,8-9,11H2,(H,20,21,22,23). The van der Waals surface area contributed by atoms with Gasteiger partial charge in [0.2, 0.25) is 5.82 Å². The molecule has 0 aliphatic carbocycles. The molecule has 1 aromatic heterocycles. The average Bonchev–Trinajstić information content (AvgIpc) is 3.23. The van der Waals surface area contributed by atoms with Crippen molar-refractivity contribution in [3.05, 3.63) is 64.9 Å². The molecular weight excluding hydrogens is 370 g/mol. The predicted octanol–water partition coefficient (Wildman–Crippen LogP) is 2.86. The number of benzene rings is 2. The maximum Gasteiger partial charge on any atom is 0.254 e. The second-order valence-electron chi connectivity index (χ2n) is 5.96. The number of carbonyl (C=O) groups is 1. The van der Waals surface area contributed by atoms with Crippen LogP contribution < -0.4 is 4.74 Å². The fraction of sp³-hybridized carbons (Fsp3) is 0.222. The number of aromatic nitrogens is 4. The summed E-state index contributed by atoms with van der Waals surface area (Å²) in [5, 5.41) is 14.4. The van der Waals surface area contributed by atoms with Crippen LogP contribution in [-0.4, -0.2) is 51.1 Å². The molecule has 1 amide bonds. The largest absolute Gasteiger partial charge is 0.457 e. The Balaban J connectivity index is 1.43. The van der Waals surface area contributed by atoms with Gasteiger partial charge in [-0.25, -0.2) is 0 Å². The number of carbonyl (C=O) groups excluding carboxylic acids is 1. The number of amides is 1. The van der Waals surface area contributed by atoms with Crippen molar-refractivity contribution in [1.29, 1.82) is 0 Å². The van der Waals surface area contributed by atoms with Crippen molar-refractivity contribution < 1.29 is 14.3 Å². The lowest BCUT2D eigenvalue weighted by molar-refractivity contribution is -0.0268. The molecule has 4 rings (SSSR count). The van der Waals surface area contributed by atoms with E-state index in [-0.39, 0.29) is 12.0 Å². The van der Waals surface area contributed by atoms with E-state index in [9.17, 15) is 4.79 Å². The van der Waals surface area contributed by atoms with Gasteiger partial charge in [0.15, 0.2) is 0 Å². The lowest BCUT2D eigenvalue weighted by atomic mass is 10.1. The lowest BCUT2D eigenvalue weighted by Gasteiger charge is -2.31. The van der Waals surface area contributed by atoms with E-state index in [0.29, 0.717) is 47.6 Å². The van der Waals surface area contributed by atoms with Crippen LogP contribution in [0, 0.1) is 0 Å². The summed E-state index contributed by atoms with van der Waals surface area (Å²) in [5.74, 6) is 1.62. The molecule has 1 atom stereocenters. The number of halogens is 1. The van der Waals surface area contributed by atoms with Crippen LogP contribution in [0.4, 0.5) is 0 Å². The number of rotatable bonds is 4. The van der Waals surface area contributed by atoms with Gasteiger partial charge in [-0.3, -0.25) is 4.79 Å². The maximum atomic E-state index is 12.8. The van der Waals surface area contributed by atoms with Gasteiger partial charge in [0.1, 0.15) is 17.6 Å². The number of nitrogens with zero attached hydrogens (tertiary/aromatic N) is 4. The predicted molar refractivity (Wildman–Crippen MR) is 96.7 cm³/mol. The highest BCUT2D eigenvalue weighted by atomic mass is 35.5. The highest BCUT2D eigenvalue weighted by molar-refractivity contribution is 6.30. The van der Waals surface area contributed by atoms with Gasteiger partial charge in [-0.15, -0.1) is 10.2 Å². The molecule has 1 N–H and O–H groups in total. The number of tetrazole rings is 1. The molecule has 1 aliphatic rings. The van der Waals surface area contributed by atoms with Crippen molar-refractivity contribution in [2.75, 3.05) is 19.7 Å². The van der Waals surface area contributed by atoms with Crippen LogP contribution in [0.15, 0.2) is 48.5 Å². The van der Waals surface area contributed by atoms with Gasteiger partial charge >= 0.3 is 0 Å². The minimum atomic E-state index is -0.383. The first kappa shape index (κ1) is 17.4. The zero-order valence-corrected chi connectivity index (χ0v) is 15.0. The van der Waals surface area contributed by atoms with Gasteiger partial charge in [-0.2, -0.15) is 5.21 Å². The van der Waals surface area contributed by atoms with Gasteiger partial charge in [-0.05, 0) is 42.5 Å². The van der Waals surface area contributed by atoms with Crippen LogP contribution in [-0.2, 0) is 4.74 Å². The zero-order chi connectivity index (χ0) is 18.6. The van der Waals surface area contributed by atoms with Crippen molar-refractivity contribution >= 4 is 17.5 Å². The van der Waals surface area contributed by atoms with E-state index in [0.717, 1.165) is 0 Å². The monoisotopic (exact) mass is 385 g/mol. The van der Waals surface area contributed by atoms with Crippen LogP contribution in [0.3, 0.4) is 0 Å². The number of morpholine rings is 1. The Hall–Kier alpha value is -2.97. The molecule has 0 bridgehead atoms. The molecule has 9 heteroatoms. The van der Waals surface area contributed by atoms with Crippen molar-refractivity contribution in [3.8, 4) is 11.5 Å². The molecule has 27 heavy (non-hydrogen) atoms. The number of hydrogen-bond donors (Lipinski definition) is 1. The van der Waals surface area contributed by atoms with E-state index in [1.807, 2.05) is 12.1 Å². The highest BCUT2D eigenvalue weighted by Gasteiger charge is 2.28. The van der Waals surface area contributed by atoms with Crippen LogP contribution in [0.2, 0.25) is 5.02 Å². The van der Waals surface area contributed by atoms with Crippen molar-refractivity contribution in [2.24, 2.45) is 0 Å². The third-order valence-corrected chi connectivity index (χ3v) is 4.37. The summed E-state index contributed by atoms with van der Waals surface area (Å²) in [6.45, 7) is 1.30. The van der Waals surface area contributed by atoms with Gasteiger partial charge in [-0.1, -0.05) is 22.9 Å². The third-order valence-electron chi connectivity index (χ3n) is 4.14. The quantitative estimate of drug-likeness (QED) is 0.742. The fourth-order valence-electron chi connectivity index (χ4n) is 2.81. The maximum absolute atomic E-state index is 12.8. The molecular formula is C18H16ClN5O3. The Kier molecular flexibility index (Phi) is 4.99. The minimum Gasteiger partial charge on any atom is -0.457 e. The molecule has 0 spiro atoms. The average molecular weight is 386 g/mol. The number of nitrogens with one attached hydrogen (secondary N) is 1. The first-order valence-corrected chi connectivity index (χ1v) is 8.74. The minimum absolute atomic E-state index is 0.0823. The zero-order valence-electron chi connectivity index (χ0n) is 14.2. The topological polar surface area (TPSA) is 93.2 Å². The fourth-order valence-corrected chi connectivity index (χ4v) is 2.99. The number of hydrogen-bond acceptors (Lipinski definition) is 6. The van der Waals surface area contributed by atoms with Crippen molar-refractivity contribution in [2.45, 2.75) is 6.10 Å². The third kappa shape index (κ3) is 4.07. The van der Waals surface area contributed by atoms with Crippen molar-refractivity contribution in [3.63, 3.8) is 0 Å². The molecule has 2 heterocycles. The smallest absolute Gasteiger partial charge is 0.254 e.